The molecule has 10 heteroatoms. The summed E-state index contributed by atoms with van der Waals surface area (Å²) >= 11 is 7.47. The summed E-state index contributed by atoms with van der Waals surface area (Å²) in [7, 11) is 1.49. The van der Waals surface area contributed by atoms with E-state index in [0.717, 1.165) is 4.90 Å². The average Bonchev–Trinajstić information content (AvgIpc) is 3.37. The molecule has 31 heavy (non-hydrogen) atoms. The zero-order chi connectivity index (χ0) is 22.0. The van der Waals surface area contributed by atoms with E-state index in [9.17, 15) is 14.4 Å². The predicted octanol–water partition coefficient (Wildman–Crippen LogP) is 3.84. The number of hydrogen-bond donors (Lipinski definition) is 2. The van der Waals surface area contributed by atoms with Crippen LogP contribution in [0.3, 0.4) is 0 Å². The van der Waals surface area contributed by atoms with E-state index >= 15 is 0 Å². The molecule has 0 fully saturated rings. The molecule has 0 spiro atoms. The molecule has 3 aromatic rings. The molecule has 0 saturated heterocycles. The third-order valence-corrected chi connectivity index (χ3v) is 5.45. The van der Waals surface area contributed by atoms with Gasteiger partial charge in [0, 0.05) is 28.9 Å². The van der Waals surface area contributed by atoms with Crippen LogP contribution in [0.4, 0.5) is 16.5 Å². The monoisotopic (exact) mass is 454 g/mol. The molecule has 156 valence electrons. The number of methoxy groups -OCH3 is 1. The van der Waals surface area contributed by atoms with Crippen LogP contribution >= 0.6 is 22.9 Å². The lowest BCUT2D eigenvalue weighted by Gasteiger charge is -2.16. The van der Waals surface area contributed by atoms with Crippen molar-refractivity contribution in [3.63, 3.8) is 0 Å². The standard InChI is InChI=1S/C21H15ClN4O4S/c1-30-15-4-2-3-14(11-15)26-19(28)16(22)17(20(26)29)24-13-7-5-12(6-8-13)18(27)25-21-23-9-10-31-21/h2-11,24H,1H3,(H,23,25,27). The van der Waals surface area contributed by atoms with E-state index < -0.39 is 11.8 Å². The second-order valence-electron chi connectivity index (χ2n) is 6.33. The van der Waals surface area contributed by atoms with E-state index in [-0.39, 0.29) is 16.6 Å². The Hall–Kier alpha value is -3.69. The zero-order valence-electron chi connectivity index (χ0n) is 16.1. The molecule has 0 saturated carbocycles. The summed E-state index contributed by atoms with van der Waals surface area (Å²) in [6, 6.07) is 12.9. The Morgan fingerprint density at radius 3 is 2.58 bits per heavy atom. The lowest BCUT2D eigenvalue weighted by Crippen LogP contribution is -2.32. The maximum absolute atomic E-state index is 12.9. The van der Waals surface area contributed by atoms with Crippen LogP contribution in [0.5, 0.6) is 5.75 Å². The van der Waals surface area contributed by atoms with Crippen molar-refractivity contribution in [2.24, 2.45) is 0 Å². The maximum Gasteiger partial charge on any atom is 0.283 e. The molecule has 2 N–H and O–H groups in total. The quantitative estimate of drug-likeness (QED) is 0.549. The van der Waals surface area contributed by atoms with Gasteiger partial charge < -0.3 is 10.1 Å². The SMILES string of the molecule is COc1cccc(N2C(=O)C(Cl)=C(Nc3ccc(C(=O)Nc4nccs4)cc3)C2=O)c1. The van der Waals surface area contributed by atoms with Gasteiger partial charge in [0.25, 0.3) is 17.7 Å². The van der Waals surface area contributed by atoms with Gasteiger partial charge >= 0.3 is 0 Å². The number of hydrogen-bond acceptors (Lipinski definition) is 7. The molecule has 0 unspecified atom stereocenters. The third-order valence-electron chi connectivity index (χ3n) is 4.41. The van der Waals surface area contributed by atoms with Crippen LogP contribution in [0, 0.1) is 0 Å². The number of imide groups is 1. The number of carbonyl (C=O) groups excluding carboxylic acids is 3. The normalized spacial score (nSPS) is 13.5. The minimum Gasteiger partial charge on any atom is -0.497 e. The highest BCUT2D eigenvalue weighted by atomic mass is 35.5. The minimum absolute atomic E-state index is 0.0468. The molecular weight excluding hydrogens is 440 g/mol. The van der Waals surface area contributed by atoms with E-state index in [1.165, 1.54) is 18.4 Å². The first-order chi connectivity index (χ1) is 15.0. The summed E-state index contributed by atoms with van der Waals surface area (Å²) in [5.74, 6) is -1.03. The van der Waals surface area contributed by atoms with Crippen LogP contribution < -0.4 is 20.3 Å². The van der Waals surface area contributed by atoms with E-state index in [1.54, 1.807) is 60.1 Å². The molecule has 2 aromatic carbocycles. The van der Waals surface area contributed by atoms with Gasteiger partial charge in [-0.1, -0.05) is 17.7 Å². The van der Waals surface area contributed by atoms with Gasteiger partial charge in [-0.15, -0.1) is 11.3 Å². The molecule has 1 aliphatic heterocycles. The number of anilines is 3. The molecule has 0 radical (unpaired) electrons. The molecular formula is C21H15ClN4O4S. The van der Waals surface area contributed by atoms with Crippen LogP contribution in [0.25, 0.3) is 0 Å². The first-order valence-corrected chi connectivity index (χ1v) is 10.2. The Kier molecular flexibility index (Phi) is 5.70. The topological polar surface area (TPSA) is 101 Å². The number of ether oxygens (including phenoxy) is 1. The fourth-order valence-electron chi connectivity index (χ4n) is 2.90. The van der Waals surface area contributed by atoms with Gasteiger partial charge in [-0.3, -0.25) is 19.7 Å². The first-order valence-electron chi connectivity index (χ1n) is 8.98. The van der Waals surface area contributed by atoms with E-state index in [2.05, 4.69) is 15.6 Å². The second-order valence-corrected chi connectivity index (χ2v) is 7.60. The Morgan fingerprint density at radius 2 is 1.90 bits per heavy atom. The molecule has 0 atom stereocenters. The van der Waals surface area contributed by atoms with Crippen LogP contribution in [-0.2, 0) is 9.59 Å². The fraction of sp³-hybridized carbons (Fsp3) is 0.0476. The Balaban J connectivity index is 1.50. The molecule has 3 amide bonds. The van der Waals surface area contributed by atoms with Gasteiger partial charge in [0.2, 0.25) is 0 Å². The number of aromatic nitrogens is 1. The van der Waals surface area contributed by atoms with Crippen molar-refractivity contribution in [2.45, 2.75) is 0 Å². The third kappa shape index (κ3) is 4.14. The number of nitrogens with one attached hydrogen (secondary N) is 2. The van der Waals surface area contributed by atoms with Crippen molar-refractivity contribution in [3.8, 4) is 5.75 Å². The summed E-state index contributed by atoms with van der Waals surface area (Å²) < 4.78 is 5.15. The predicted molar refractivity (Wildman–Crippen MR) is 118 cm³/mol. The van der Waals surface area contributed by atoms with Crippen molar-refractivity contribution in [2.75, 3.05) is 22.6 Å². The highest BCUT2D eigenvalue weighted by molar-refractivity contribution is 7.13. The fourth-order valence-corrected chi connectivity index (χ4v) is 3.64. The van der Waals surface area contributed by atoms with Gasteiger partial charge in [0.05, 0.1) is 12.8 Å². The van der Waals surface area contributed by atoms with E-state index in [1.807, 2.05) is 0 Å². The lowest BCUT2D eigenvalue weighted by atomic mass is 10.2. The Morgan fingerprint density at radius 1 is 1.13 bits per heavy atom. The van der Waals surface area contributed by atoms with Gasteiger partial charge in [-0.05, 0) is 36.4 Å². The number of rotatable bonds is 6. The molecule has 0 bridgehead atoms. The number of halogens is 1. The van der Waals surface area contributed by atoms with Crippen molar-refractivity contribution in [1.82, 2.24) is 4.98 Å². The number of amides is 3. The number of thiazole rings is 1. The van der Waals surface area contributed by atoms with Gasteiger partial charge in [-0.2, -0.15) is 0 Å². The van der Waals surface area contributed by atoms with Crippen LogP contribution in [-0.4, -0.2) is 29.8 Å². The largest absolute Gasteiger partial charge is 0.497 e. The molecule has 1 aliphatic rings. The number of benzene rings is 2. The lowest BCUT2D eigenvalue weighted by molar-refractivity contribution is -0.120. The van der Waals surface area contributed by atoms with Crippen LogP contribution in [0.1, 0.15) is 10.4 Å². The van der Waals surface area contributed by atoms with Crippen molar-refractivity contribution >= 4 is 57.2 Å². The van der Waals surface area contributed by atoms with E-state index in [0.29, 0.717) is 27.8 Å². The van der Waals surface area contributed by atoms with Crippen molar-refractivity contribution in [3.05, 3.63) is 76.4 Å². The highest BCUT2D eigenvalue weighted by Gasteiger charge is 2.39. The van der Waals surface area contributed by atoms with Gasteiger partial charge in [0.15, 0.2) is 5.13 Å². The van der Waals surface area contributed by atoms with Gasteiger partial charge in [0.1, 0.15) is 16.5 Å². The van der Waals surface area contributed by atoms with Crippen molar-refractivity contribution in [1.29, 1.82) is 0 Å². The summed E-state index contributed by atoms with van der Waals surface area (Å²) in [4.78, 5) is 42.7. The molecule has 4 rings (SSSR count). The summed E-state index contributed by atoms with van der Waals surface area (Å²) in [5.41, 5.74) is 1.20. The number of carbonyl (C=O) groups is 3. The summed E-state index contributed by atoms with van der Waals surface area (Å²) in [5, 5.41) is 7.59. The van der Waals surface area contributed by atoms with E-state index in [4.69, 9.17) is 16.3 Å². The highest BCUT2D eigenvalue weighted by Crippen LogP contribution is 2.31. The second kappa shape index (κ2) is 8.58. The molecule has 0 aliphatic carbocycles. The van der Waals surface area contributed by atoms with Crippen LogP contribution in [0.2, 0.25) is 0 Å². The molecule has 8 nitrogen and oxygen atoms in total. The van der Waals surface area contributed by atoms with Crippen LogP contribution in [0.15, 0.2) is 70.8 Å². The molecule has 1 aromatic heterocycles. The van der Waals surface area contributed by atoms with Crippen molar-refractivity contribution < 1.29 is 19.1 Å². The Labute approximate surface area is 186 Å². The molecule has 2 heterocycles. The average molecular weight is 455 g/mol. The summed E-state index contributed by atoms with van der Waals surface area (Å²) in [6.45, 7) is 0. The number of nitrogens with zero attached hydrogens (tertiary/aromatic N) is 2. The minimum atomic E-state index is -0.637. The smallest absolute Gasteiger partial charge is 0.283 e. The summed E-state index contributed by atoms with van der Waals surface area (Å²) in [6.07, 6.45) is 1.60. The zero-order valence-corrected chi connectivity index (χ0v) is 17.7. The maximum atomic E-state index is 12.9. The first kappa shape index (κ1) is 20.6. The Bertz CT molecular complexity index is 1190. The van der Waals surface area contributed by atoms with Gasteiger partial charge in [-0.25, -0.2) is 9.88 Å².